The van der Waals surface area contributed by atoms with Gasteiger partial charge in [0.25, 0.3) is 5.91 Å². The predicted octanol–water partition coefficient (Wildman–Crippen LogP) is 2.43. The first-order valence-corrected chi connectivity index (χ1v) is 7.25. The van der Waals surface area contributed by atoms with Crippen LogP contribution in [-0.2, 0) is 6.54 Å². The molecule has 0 radical (unpaired) electrons. The second-order valence-corrected chi connectivity index (χ2v) is 5.45. The molecule has 0 atom stereocenters. The molecular formula is C16H17FN4O. The summed E-state index contributed by atoms with van der Waals surface area (Å²) in [6.45, 7) is 2.16. The van der Waals surface area contributed by atoms with Crippen LogP contribution in [0.2, 0.25) is 0 Å². The van der Waals surface area contributed by atoms with Crippen LogP contribution in [0.25, 0.3) is 0 Å². The second kappa shape index (κ2) is 6.09. The Morgan fingerprint density at radius 2 is 2.00 bits per heavy atom. The van der Waals surface area contributed by atoms with Crippen LogP contribution in [0.5, 0.6) is 0 Å². The molecule has 0 spiro atoms. The highest BCUT2D eigenvalue weighted by Gasteiger charge is 2.22. The van der Waals surface area contributed by atoms with Crippen molar-refractivity contribution in [3.05, 3.63) is 53.1 Å². The number of halogens is 1. The van der Waals surface area contributed by atoms with E-state index in [9.17, 15) is 9.18 Å². The molecular weight excluding hydrogens is 283 g/mol. The van der Waals surface area contributed by atoms with E-state index in [0.29, 0.717) is 24.2 Å². The molecule has 22 heavy (non-hydrogen) atoms. The number of aromatic nitrogens is 2. The zero-order valence-electron chi connectivity index (χ0n) is 12.3. The third-order valence-corrected chi connectivity index (χ3v) is 3.36. The first-order valence-electron chi connectivity index (χ1n) is 7.25. The lowest BCUT2D eigenvalue weighted by molar-refractivity contribution is 0.0945. The van der Waals surface area contributed by atoms with Gasteiger partial charge in [-0.2, -0.15) is 0 Å². The van der Waals surface area contributed by atoms with E-state index in [0.717, 1.165) is 24.1 Å². The number of carbonyl (C=O) groups is 1. The zero-order valence-corrected chi connectivity index (χ0v) is 12.3. The smallest absolute Gasteiger partial charge is 0.270 e. The van der Waals surface area contributed by atoms with Gasteiger partial charge >= 0.3 is 0 Å². The molecule has 0 unspecified atom stereocenters. The van der Waals surface area contributed by atoms with Crippen LogP contribution in [0.3, 0.4) is 0 Å². The van der Waals surface area contributed by atoms with Crippen molar-refractivity contribution in [1.29, 1.82) is 0 Å². The standard InChI is InChI=1S/C16H17FN4O/c1-10-8-14(21-16(19-10)20-13-6-7-13)15(22)18-9-11-2-4-12(17)5-3-11/h2-5,8,13H,6-7,9H2,1H3,(H,18,22)(H,19,20,21). The van der Waals surface area contributed by atoms with Gasteiger partial charge in [0.1, 0.15) is 11.5 Å². The van der Waals surface area contributed by atoms with E-state index in [4.69, 9.17) is 0 Å². The molecule has 1 aliphatic carbocycles. The van der Waals surface area contributed by atoms with Gasteiger partial charge < -0.3 is 10.6 Å². The van der Waals surface area contributed by atoms with E-state index >= 15 is 0 Å². The van der Waals surface area contributed by atoms with Crippen molar-refractivity contribution >= 4 is 11.9 Å². The summed E-state index contributed by atoms with van der Waals surface area (Å²) >= 11 is 0. The number of carbonyl (C=O) groups excluding carboxylic acids is 1. The third-order valence-electron chi connectivity index (χ3n) is 3.36. The normalized spacial score (nSPS) is 13.7. The molecule has 0 bridgehead atoms. The van der Waals surface area contributed by atoms with E-state index < -0.39 is 0 Å². The molecule has 114 valence electrons. The maximum Gasteiger partial charge on any atom is 0.270 e. The number of nitrogens with one attached hydrogen (secondary N) is 2. The Kier molecular flexibility index (Phi) is 4.00. The maximum absolute atomic E-state index is 12.8. The molecule has 1 saturated carbocycles. The van der Waals surface area contributed by atoms with Crippen molar-refractivity contribution in [2.24, 2.45) is 0 Å². The van der Waals surface area contributed by atoms with Gasteiger partial charge in [0.15, 0.2) is 0 Å². The van der Waals surface area contributed by atoms with Crippen LogP contribution in [0.4, 0.5) is 10.3 Å². The fourth-order valence-electron chi connectivity index (χ4n) is 2.03. The number of rotatable bonds is 5. The molecule has 0 saturated heterocycles. The monoisotopic (exact) mass is 300 g/mol. The maximum atomic E-state index is 12.8. The molecule has 1 amide bonds. The Labute approximate surface area is 128 Å². The molecule has 2 aromatic rings. The Hall–Kier alpha value is -2.50. The van der Waals surface area contributed by atoms with Crippen molar-refractivity contribution in [3.63, 3.8) is 0 Å². The summed E-state index contributed by atoms with van der Waals surface area (Å²) < 4.78 is 12.8. The number of hydrogen-bond acceptors (Lipinski definition) is 4. The lowest BCUT2D eigenvalue weighted by Gasteiger charge is -2.08. The molecule has 1 aromatic heterocycles. The van der Waals surface area contributed by atoms with Gasteiger partial charge in [-0.05, 0) is 43.5 Å². The number of anilines is 1. The molecule has 1 heterocycles. The average molecular weight is 300 g/mol. The average Bonchev–Trinajstić information content (AvgIpc) is 3.29. The molecule has 5 nitrogen and oxygen atoms in total. The first-order chi connectivity index (χ1) is 10.6. The van der Waals surface area contributed by atoms with Crippen LogP contribution >= 0.6 is 0 Å². The number of benzene rings is 1. The second-order valence-electron chi connectivity index (χ2n) is 5.45. The molecule has 0 aliphatic heterocycles. The number of nitrogens with zero attached hydrogens (tertiary/aromatic N) is 2. The number of hydrogen-bond donors (Lipinski definition) is 2. The van der Waals surface area contributed by atoms with Gasteiger partial charge in [0.2, 0.25) is 5.95 Å². The van der Waals surface area contributed by atoms with E-state index in [1.807, 2.05) is 6.92 Å². The lowest BCUT2D eigenvalue weighted by Crippen LogP contribution is -2.24. The molecule has 1 fully saturated rings. The Morgan fingerprint density at radius 1 is 1.27 bits per heavy atom. The van der Waals surface area contributed by atoms with E-state index in [-0.39, 0.29) is 11.7 Å². The molecule has 1 aliphatic rings. The first kappa shape index (κ1) is 14.4. The largest absolute Gasteiger partial charge is 0.351 e. The lowest BCUT2D eigenvalue weighted by atomic mass is 10.2. The van der Waals surface area contributed by atoms with Crippen molar-refractivity contribution in [2.45, 2.75) is 32.4 Å². The minimum atomic E-state index is -0.294. The Balaban J connectivity index is 1.65. The van der Waals surface area contributed by atoms with Gasteiger partial charge in [0.05, 0.1) is 0 Å². The van der Waals surface area contributed by atoms with Gasteiger partial charge in [-0.3, -0.25) is 4.79 Å². The van der Waals surface area contributed by atoms with Crippen molar-refractivity contribution in [2.75, 3.05) is 5.32 Å². The molecule has 6 heteroatoms. The quantitative estimate of drug-likeness (QED) is 0.890. The zero-order chi connectivity index (χ0) is 15.5. The van der Waals surface area contributed by atoms with Gasteiger partial charge in [-0.1, -0.05) is 12.1 Å². The summed E-state index contributed by atoms with van der Waals surface area (Å²) in [5.74, 6) is -0.0691. The Morgan fingerprint density at radius 3 is 2.68 bits per heavy atom. The summed E-state index contributed by atoms with van der Waals surface area (Å²) in [6.07, 6.45) is 2.23. The predicted molar refractivity (Wildman–Crippen MR) is 81.0 cm³/mol. The SMILES string of the molecule is Cc1cc(C(=O)NCc2ccc(F)cc2)nc(NC2CC2)n1. The van der Waals surface area contributed by atoms with Crippen LogP contribution in [0.1, 0.15) is 34.6 Å². The van der Waals surface area contributed by atoms with Gasteiger partial charge in [-0.15, -0.1) is 0 Å². The highest BCUT2D eigenvalue weighted by atomic mass is 19.1. The number of aryl methyl sites for hydroxylation is 1. The van der Waals surface area contributed by atoms with Crippen molar-refractivity contribution in [3.8, 4) is 0 Å². The minimum absolute atomic E-state index is 0.270. The third kappa shape index (κ3) is 3.78. The molecule has 1 aromatic carbocycles. The van der Waals surface area contributed by atoms with Crippen molar-refractivity contribution in [1.82, 2.24) is 15.3 Å². The van der Waals surface area contributed by atoms with E-state index in [1.165, 1.54) is 12.1 Å². The summed E-state index contributed by atoms with van der Waals surface area (Å²) in [4.78, 5) is 20.7. The summed E-state index contributed by atoms with van der Waals surface area (Å²) in [7, 11) is 0. The summed E-state index contributed by atoms with van der Waals surface area (Å²) in [5, 5.41) is 5.97. The molecule has 3 rings (SSSR count). The fourth-order valence-corrected chi connectivity index (χ4v) is 2.03. The van der Waals surface area contributed by atoms with Crippen LogP contribution in [-0.4, -0.2) is 21.9 Å². The Bertz CT molecular complexity index is 683. The summed E-state index contributed by atoms with van der Waals surface area (Å²) in [6, 6.07) is 8.10. The van der Waals surface area contributed by atoms with Crippen LogP contribution in [0, 0.1) is 12.7 Å². The van der Waals surface area contributed by atoms with Gasteiger partial charge in [-0.25, -0.2) is 14.4 Å². The highest BCUT2D eigenvalue weighted by molar-refractivity contribution is 5.92. The van der Waals surface area contributed by atoms with E-state index in [1.54, 1.807) is 18.2 Å². The molecule has 2 N–H and O–H groups in total. The van der Waals surface area contributed by atoms with Gasteiger partial charge in [0, 0.05) is 18.3 Å². The minimum Gasteiger partial charge on any atom is -0.351 e. The van der Waals surface area contributed by atoms with E-state index in [2.05, 4.69) is 20.6 Å². The van der Waals surface area contributed by atoms with Crippen molar-refractivity contribution < 1.29 is 9.18 Å². The number of amides is 1. The van der Waals surface area contributed by atoms with Crippen LogP contribution in [0.15, 0.2) is 30.3 Å². The fraction of sp³-hybridized carbons (Fsp3) is 0.312. The highest BCUT2D eigenvalue weighted by Crippen LogP contribution is 2.23. The van der Waals surface area contributed by atoms with Crippen LogP contribution < -0.4 is 10.6 Å². The summed E-state index contributed by atoms with van der Waals surface area (Å²) in [5.41, 5.74) is 1.90. The topological polar surface area (TPSA) is 66.9 Å².